The Hall–Kier alpha value is -3.15. The summed E-state index contributed by atoms with van der Waals surface area (Å²) >= 11 is 0. The molecule has 0 aliphatic heterocycles. The average molecular weight is 294 g/mol. The number of pyridine rings is 1. The number of halogens is 1. The van der Waals surface area contributed by atoms with Crippen molar-refractivity contribution in [2.75, 3.05) is 5.32 Å². The fourth-order valence-electron chi connectivity index (χ4n) is 2.26. The molecule has 0 radical (unpaired) electrons. The van der Waals surface area contributed by atoms with Gasteiger partial charge in [-0.05, 0) is 6.07 Å². The summed E-state index contributed by atoms with van der Waals surface area (Å²) in [7, 11) is 0. The molecule has 0 fully saturated rings. The minimum atomic E-state index is -0.396. The van der Waals surface area contributed by atoms with Crippen LogP contribution in [0.5, 0.6) is 0 Å². The maximum absolute atomic E-state index is 13.3. The van der Waals surface area contributed by atoms with Crippen molar-refractivity contribution < 1.29 is 8.81 Å². The van der Waals surface area contributed by atoms with Crippen LogP contribution in [0.3, 0.4) is 0 Å². The highest BCUT2D eigenvalue weighted by Gasteiger charge is 2.10. The Morgan fingerprint density at radius 2 is 1.95 bits per heavy atom. The average Bonchev–Trinajstić information content (AvgIpc) is 3.16. The number of nitrogens with one attached hydrogen (secondary N) is 2. The van der Waals surface area contributed by atoms with E-state index in [0.29, 0.717) is 28.5 Å². The predicted molar refractivity (Wildman–Crippen MR) is 81.3 cm³/mol. The molecule has 5 nitrogen and oxygen atoms in total. The van der Waals surface area contributed by atoms with Gasteiger partial charge < -0.3 is 14.7 Å². The van der Waals surface area contributed by atoms with Gasteiger partial charge in [0.15, 0.2) is 5.76 Å². The van der Waals surface area contributed by atoms with Crippen LogP contribution in [-0.4, -0.2) is 15.0 Å². The lowest BCUT2D eigenvalue weighted by Crippen LogP contribution is -1.89. The summed E-state index contributed by atoms with van der Waals surface area (Å²) in [5.74, 6) is 0.264. The molecule has 1 aromatic carbocycles. The van der Waals surface area contributed by atoms with Crippen molar-refractivity contribution in [1.82, 2.24) is 15.0 Å². The van der Waals surface area contributed by atoms with Gasteiger partial charge in [0.2, 0.25) is 0 Å². The van der Waals surface area contributed by atoms with Crippen LogP contribution in [0.4, 0.5) is 16.1 Å². The molecular weight excluding hydrogens is 283 g/mol. The van der Waals surface area contributed by atoms with Crippen LogP contribution in [0.25, 0.3) is 22.4 Å². The van der Waals surface area contributed by atoms with Crippen LogP contribution < -0.4 is 5.32 Å². The van der Waals surface area contributed by atoms with E-state index < -0.39 is 5.82 Å². The number of oxazole rings is 1. The maximum Gasteiger partial charge on any atom is 0.299 e. The van der Waals surface area contributed by atoms with Crippen LogP contribution in [-0.2, 0) is 0 Å². The Bertz CT molecular complexity index is 930. The number of rotatable bonds is 3. The lowest BCUT2D eigenvalue weighted by Gasteiger charge is -1.99. The third-order valence-electron chi connectivity index (χ3n) is 3.30. The van der Waals surface area contributed by atoms with E-state index in [0.717, 1.165) is 5.56 Å². The van der Waals surface area contributed by atoms with E-state index in [-0.39, 0.29) is 0 Å². The smallest absolute Gasteiger partial charge is 0.299 e. The minimum Gasteiger partial charge on any atom is -0.423 e. The Labute approximate surface area is 124 Å². The van der Waals surface area contributed by atoms with Crippen molar-refractivity contribution in [1.29, 1.82) is 0 Å². The third kappa shape index (κ3) is 2.20. The van der Waals surface area contributed by atoms with Gasteiger partial charge in [-0.2, -0.15) is 0 Å². The van der Waals surface area contributed by atoms with Gasteiger partial charge in [-0.15, -0.1) is 0 Å². The SMILES string of the molecule is Fc1cnc2[nH]cc(Nc3ncc(-c4ccccc4)o3)c2c1. The zero-order valence-electron chi connectivity index (χ0n) is 11.4. The van der Waals surface area contributed by atoms with Gasteiger partial charge in [0.1, 0.15) is 11.5 Å². The fourth-order valence-corrected chi connectivity index (χ4v) is 2.26. The number of H-pyrrole nitrogens is 1. The van der Waals surface area contributed by atoms with E-state index in [4.69, 9.17) is 4.42 Å². The summed E-state index contributed by atoms with van der Waals surface area (Å²) in [6, 6.07) is 11.4. The van der Waals surface area contributed by atoms with Crippen LogP contribution in [0, 0.1) is 5.82 Å². The first-order valence-corrected chi connectivity index (χ1v) is 6.70. The Kier molecular flexibility index (Phi) is 2.86. The summed E-state index contributed by atoms with van der Waals surface area (Å²) in [4.78, 5) is 11.1. The molecule has 0 aliphatic carbocycles. The molecule has 0 spiro atoms. The molecule has 0 unspecified atom stereocenters. The van der Waals surface area contributed by atoms with Gasteiger partial charge in [-0.3, -0.25) is 0 Å². The van der Waals surface area contributed by atoms with Gasteiger partial charge in [0.25, 0.3) is 6.01 Å². The second-order valence-electron chi connectivity index (χ2n) is 4.77. The van der Waals surface area contributed by atoms with Gasteiger partial charge in [-0.25, -0.2) is 14.4 Å². The molecule has 4 rings (SSSR count). The van der Waals surface area contributed by atoms with E-state index in [1.165, 1.54) is 12.3 Å². The van der Waals surface area contributed by atoms with E-state index in [1.54, 1.807) is 12.4 Å². The quantitative estimate of drug-likeness (QED) is 0.597. The molecule has 108 valence electrons. The zero-order chi connectivity index (χ0) is 14.9. The first-order chi connectivity index (χ1) is 10.8. The van der Waals surface area contributed by atoms with Crippen LogP contribution in [0.15, 0.2) is 59.4 Å². The van der Waals surface area contributed by atoms with Gasteiger partial charge in [0, 0.05) is 17.1 Å². The molecule has 3 heterocycles. The molecule has 6 heteroatoms. The molecule has 3 aromatic heterocycles. The molecule has 0 aliphatic rings. The Morgan fingerprint density at radius 3 is 2.82 bits per heavy atom. The highest BCUT2D eigenvalue weighted by Crippen LogP contribution is 2.28. The van der Waals surface area contributed by atoms with Crippen molar-refractivity contribution in [3.05, 3.63) is 60.8 Å². The number of fused-ring (bicyclic) bond motifs is 1. The van der Waals surface area contributed by atoms with Crippen LogP contribution in [0.1, 0.15) is 0 Å². The van der Waals surface area contributed by atoms with Crippen LogP contribution >= 0.6 is 0 Å². The molecule has 0 saturated carbocycles. The molecule has 4 aromatic rings. The van der Waals surface area contributed by atoms with E-state index in [9.17, 15) is 4.39 Å². The summed E-state index contributed by atoms with van der Waals surface area (Å²) in [6.45, 7) is 0. The van der Waals surface area contributed by atoms with Gasteiger partial charge in [-0.1, -0.05) is 30.3 Å². The highest BCUT2D eigenvalue weighted by molar-refractivity contribution is 5.91. The van der Waals surface area contributed by atoms with Crippen molar-refractivity contribution in [2.45, 2.75) is 0 Å². The normalized spacial score (nSPS) is 11.0. The largest absolute Gasteiger partial charge is 0.423 e. The number of nitrogens with zero attached hydrogens (tertiary/aromatic N) is 2. The summed E-state index contributed by atoms with van der Waals surface area (Å²) in [6.07, 6.45) is 4.51. The number of aromatic nitrogens is 3. The number of hydrogen-bond acceptors (Lipinski definition) is 4. The molecule has 0 saturated heterocycles. The van der Waals surface area contributed by atoms with Gasteiger partial charge in [0.05, 0.1) is 18.1 Å². The molecule has 0 amide bonds. The Morgan fingerprint density at radius 1 is 1.09 bits per heavy atom. The minimum absolute atomic E-state index is 0.337. The molecule has 0 atom stereocenters. The molecule has 2 N–H and O–H groups in total. The summed E-state index contributed by atoms with van der Waals surface area (Å²) in [5, 5.41) is 3.67. The third-order valence-corrected chi connectivity index (χ3v) is 3.30. The predicted octanol–water partition coefficient (Wildman–Crippen LogP) is 4.10. The second kappa shape index (κ2) is 5.00. The van der Waals surface area contributed by atoms with E-state index in [2.05, 4.69) is 20.3 Å². The molecule has 0 bridgehead atoms. The van der Waals surface area contributed by atoms with Crippen LogP contribution in [0.2, 0.25) is 0 Å². The first kappa shape index (κ1) is 12.6. The number of hydrogen-bond donors (Lipinski definition) is 2. The van der Waals surface area contributed by atoms with Crippen molar-refractivity contribution in [3.63, 3.8) is 0 Å². The number of aromatic amines is 1. The number of anilines is 2. The zero-order valence-corrected chi connectivity index (χ0v) is 11.4. The second-order valence-corrected chi connectivity index (χ2v) is 4.77. The molecule has 22 heavy (non-hydrogen) atoms. The Balaban J connectivity index is 1.66. The van der Waals surface area contributed by atoms with Crippen molar-refractivity contribution >= 4 is 22.7 Å². The lowest BCUT2D eigenvalue weighted by molar-refractivity contribution is 0.592. The molecular formula is C16H11FN4O. The number of benzene rings is 1. The summed E-state index contributed by atoms with van der Waals surface area (Å²) < 4.78 is 19.0. The topological polar surface area (TPSA) is 66.7 Å². The summed E-state index contributed by atoms with van der Waals surface area (Å²) in [5.41, 5.74) is 2.19. The van der Waals surface area contributed by atoms with Crippen molar-refractivity contribution in [2.24, 2.45) is 0 Å². The van der Waals surface area contributed by atoms with Gasteiger partial charge >= 0.3 is 0 Å². The van der Waals surface area contributed by atoms with Crippen molar-refractivity contribution in [3.8, 4) is 11.3 Å². The standard InChI is InChI=1S/C16H11FN4O/c17-11-6-12-13(8-19-15(12)18-7-11)21-16-20-9-14(22-16)10-4-2-1-3-5-10/h1-9H,(H,18,19)(H,20,21). The lowest BCUT2D eigenvalue weighted by atomic mass is 10.2. The highest BCUT2D eigenvalue weighted by atomic mass is 19.1. The monoisotopic (exact) mass is 294 g/mol. The van der Waals surface area contributed by atoms with E-state index >= 15 is 0 Å². The fraction of sp³-hybridized carbons (Fsp3) is 0. The first-order valence-electron chi connectivity index (χ1n) is 6.70. The maximum atomic E-state index is 13.3. The van der Waals surface area contributed by atoms with E-state index in [1.807, 2.05) is 30.3 Å².